The van der Waals surface area contributed by atoms with Gasteiger partial charge in [0.2, 0.25) is 11.8 Å². The van der Waals surface area contributed by atoms with Crippen LogP contribution in [0.4, 0.5) is 0 Å². The first-order valence-electron chi connectivity index (χ1n) is 7.84. The summed E-state index contributed by atoms with van der Waals surface area (Å²) in [5, 5.41) is 5.28. The zero-order chi connectivity index (χ0) is 16.8. The maximum Gasteiger partial charge on any atom is 0.237 e. The van der Waals surface area contributed by atoms with Gasteiger partial charge >= 0.3 is 0 Å². The zero-order valence-electron chi connectivity index (χ0n) is 14.3. The second kappa shape index (κ2) is 7.54. The van der Waals surface area contributed by atoms with Crippen LogP contribution in [0.1, 0.15) is 45.6 Å². The Bertz CT molecular complexity index is 511. The first-order valence-corrected chi connectivity index (χ1v) is 7.84. The molecule has 0 aromatic heterocycles. The molecule has 0 bridgehead atoms. The molecule has 4 nitrogen and oxygen atoms in total. The predicted octanol–water partition coefficient (Wildman–Crippen LogP) is 2.63. The Balaban J connectivity index is 0.000000745. The minimum atomic E-state index is -0.614. The van der Waals surface area contributed by atoms with Crippen molar-refractivity contribution in [1.29, 1.82) is 0 Å². The SMILES string of the molecule is CCCC1(c2ccccc2)C(=O)NC(=O)CC1(C)C.CNC. The standard InChI is InChI=1S/C16H21NO2.C2H7N/c1-4-10-16(12-8-6-5-7-9-12)14(19)17-13(18)11-15(16,2)3;1-3-2/h5-9H,4,10-11H2,1-3H3,(H,17,18,19);3H,1-2H3. The quantitative estimate of drug-likeness (QED) is 0.844. The van der Waals surface area contributed by atoms with Crippen molar-refractivity contribution < 1.29 is 9.59 Å². The molecule has 1 aromatic carbocycles. The fourth-order valence-electron chi connectivity index (χ4n) is 3.35. The fourth-order valence-corrected chi connectivity index (χ4v) is 3.35. The van der Waals surface area contributed by atoms with Crippen molar-refractivity contribution in [1.82, 2.24) is 10.6 Å². The lowest BCUT2D eigenvalue weighted by Gasteiger charge is -2.48. The van der Waals surface area contributed by atoms with E-state index in [0.29, 0.717) is 6.42 Å². The molecule has 1 fully saturated rings. The van der Waals surface area contributed by atoms with Crippen molar-refractivity contribution in [2.45, 2.75) is 45.4 Å². The van der Waals surface area contributed by atoms with Gasteiger partial charge in [-0.15, -0.1) is 0 Å². The number of carbonyl (C=O) groups excluding carboxylic acids is 2. The number of rotatable bonds is 3. The number of hydrogen-bond acceptors (Lipinski definition) is 3. The van der Waals surface area contributed by atoms with E-state index in [0.717, 1.165) is 18.4 Å². The molecule has 0 spiro atoms. The molecular weight excluding hydrogens is 276 g/mol. The Hall–Kier alpha value is -1.68. The van der Waals surface area contributed by atoms with Crippen LogP contribution in [0, 0.1) is 5.41 Å². The van der Waals surface area contributed by atoms with E-state index in [1.807, 2.05) is 58.3 Å². The summed E-state index contributed by atoms with van der Waals surface area (Å²) in [5.41, 5.74) is 0.0209. The van der Waals surface area contributed by atoms with Gasteiger partial charge in [0.05, 0.1) is 5.41 Å². The fraction of sp³-hybridized carbons (Fsp3) is 0.556. The van der Waals surface area contributed by atoms with Crippen LogP contribution in [0.5, 0.6) is 0 Å². The minimum absolute atomic E-state index is 0.151. The Morgan fingerprint density at radius 2 is 1.68 bits per heavy atom. The van der Waals surface area contributed by atoms with Crippen molar-refractivity contribution in [3.63, 3.8) is 0 Å². The van der Waals surface area contributed by atoms with E-state index in [2.05, 4.69) is 17.6 Å². The lowest BCUT2D eigenvalue weighted by atomic mass is 9.56. The number of nitrogens with one attached hydrogen (secondary N) is 2. The smallest absolute Gasteiger partial charge is 0.237 e. The molecule has 1 heterocycles. The number of piperidine rings is 1. The Kier molecular flexibility index (Phi) is 6.30. The van der Waals surface area contributed by atoms with Crippen molar-refractivity contribution >= 4 is 11.8 Å². The summed E-state index contributed by atoms with van der Waals surface area (Å²) in [6.45, 7) is 6.11. The van der Waals surface area contributed by atoms with Crippen LogP contribution in [0.15, 0.2) is 30.3 Å². The van der Waals surface area contributed by atoms with Crippen LogP contribution >= 0.6 is 0 Å². The van der Waals surface area contributed by atoms with Gasteiger partial charge in [-0.25, -0.2) is 0 Å². The molecule has 1 aliphatic heterocycles. The Morgan fingerprint density at radius 1 is 1.14 bits per heavy atom. The van der Waals surface area contributed by atoms with Gasteiger partial charge < -0.3 is 5.32 Å². The van der Waals surface area contributed by atoms with E-state index >= 15 is 0 Å². The maximum absolute atomic E-state index is 12.6. The lowest BCUT2D eigenvalue weighted by molar-refractivity contribution is -0.145. The van der Waals surface area contributed by atoms with Gasteiger partial charge in [-0.05, 0) is 31.5 Å². The number of hydrogen-bond donors (Lipinski definition) is 2. The summed E-state index contributed by atoms with van der Waals surface area (Å²) in [6.07, 6.45) is 2.04. The topological polar surface area (TPSA) is 58.2 Å². The first-order chi connectivity index (χ1) is 10.4. The third kappa shape index (κ3) is 3.38. The van der Waals surface area contributed by atoms with E-state index < -0.39 is 5.41 Å². The van der Waals surface area contributed by atoms with Gasteiger partial charge in [0, 0.05) is 6.42 Å². The Labute approximate surface area is 133 Å². The van der Waals surface area contributed by atoms with Crippen molar-refractivity contribution in [3.05, 3.63) is 35.9 Å². The molecule has 1 aromatic rings. The number of carbonyl (C=O) groups is 2. The van der Waals surface area contributed by atoms with Gasteiger partial charge in [-0.3, -0.25) is 14.9 Å². The van der Waals surface area contributed by atoms with Gasteiger partial charge in [-0.1, -0.05) is 57.5 Å². The molecule has 122 valence electrons. The molecule has 1 aliphatic rings. The van der Waals surface area contributed by atoms with Gasteiger partial charge in [0.1, 0.15) is 0 Å². The van der Waals surface area contributed by atoms with E-state index in [1.54, 1.807) is 0 Å². The van der Waals surface area contributed by atoms with Crippen molar-refractivity contribution in [2.75, 3.05) is 14.1 Å². The highest BCUT2D eigenvalue weighted by Crippen LogP contribution is 2.49. The molecule has 22 heavy (non-hydrogen) atoms. The molecule has 1 unspecified atom stereocenters. The molecular formula is C18H28N2O2. The van der Waals surface area contributed by atoms with Crippen LogP contribution in [-0.4, -0.2) is 25.9 Å². The summed E-state index contributed by atoms with van der Waals surface area (Å²) in [6, 6.07) is 9.83. The van der Waals surface area contributed by atoms with E-state index in [4.69, 9.17) is 0 Å². The Morgan fingerprint density at radius 3 is 2.14 bits per heavy atom. The molecule has 2 rings (SSSR count). The first kappa shape index (κ1) is 18.4. The number of amides is 2. The predicted molar refractivity (Wildman–Crippen MR) is 89.6 cm³/mol. The van der Waals surface area contributed by atoms with Crippen LogP contribution in [0.2, 0.25) is 0 Å². The molecule has 0 aliphatic carbocycles. The van der Waals surface area contributed by atoms with Crippen LogP contribution < -0.4 is 10.6 Å². The molecule has 4 heteroatoms. The summed E-state index contributed by atoms with van der Waals surface area (Å²) in [4.78, 5) is 24.3. The molecule has 0 radical (unpaired) electrons. The molecule has 1 atom stereocenters. The average Bonchev–Trinajstić information content (AvgIpc) is 2.44. The largest absolute Gasteiger partial charge is 0.323 e. The number of imide groups is 1. The van der Waals surface area contributed by atoms with Crippen molar-refractivity contribution in [2.24, 2.45) is 5.41 Å². The third-order valence-electron chi connectivity index (χ3n) is 4.29. The van der Waals surface area contributed by atoms with Crippen LogP contribution in [0.3, 0.4) is 0 Å². The summed E-state index contributed by atoms with van der Waals surface area (Å²) < 4.78 is 0. The third-order valence-corrected chi connectivity index (χ3v) is 4.29. The van der Waals surface area contributed by atoms with E-state index in [1.165, 1.54) is 0 Å². The number of benzene rings is 1. The van der Waals surface area contributed by atoms with Crippen LogP contribution in [0.25, 0.3) is 0 Å². The van der Waals surface area contributed by atoms with Crippen LogP contribution in [-0.2, 0) is 15.0 Å². The molecule has 0 saturated carbocycles. The highest BCUT2D eigenvalue weighted by molar-refractivity contribution is 6.04. The average molecular weight is 304 g/mol. The van der Waals surface area contributed by atoms with E-state index in [9.17, 15) is 9.59 Å². The second-order valence-corrected chi connectivity index (χ2v) is 6.46. The normalized spacial score (nSPS) is 23.3. The maximum atomic E-state index is 12.6. The lowest BCUT2D eigenvalue weighted by Crippen LogP contribution is -2.60. The van der Waals surface area contributed by atoms with Gasteiger partial charge in [-0.2, -0.15) is 0 Å². The highest BCUT2D eigenvalue weighted by Gasteiger charge is 2.55. The zero-order valence-corrected chi connectivity index (χ0v) is 14.3. The van der Waals surface area contributed by atoms with E-state index in [-0.39, 0.29) is 17.2 Å². The summed E-state index contributed by atoms with van der Waals surface area (Å²) in [5.74, 6) is -0.320. The minimum Gasteiger partial charge on any atom is -0.323 e. The molecule has 1 saturated heterocycles. The summed E-state index contributed by atoms with van der Waals surface area (Å²) >= 11 is 0. The van der Waals surface area contributed by atoms with Crippen molar-refractivity contribution in [3.8, 4) is 0 Å². The highest BCUT2D eigenvalue weighted by atomic mass is 16.2. The summed E-state index contributed by atoms with van der Waals surface area (Å²) in [7, 11) is 3.75. The second-order valence-electron chi connectivity index (χ2n) is 6.46. The molecule has 2 N–H and O–H groups in total. The van der Waals surface area contributed by atoms with Gasteiger partial charge in [0.25, 0.3) is 0 Å². The van der Waals surface area contributed by atoms with Gasteiger partial charge in [0.15, 0.2) is 0 Å². The monoisotopic (exact) mass is 304 g/mol. The molecule has 2 amide bonds.